The molecule has 1 aromatic rings. The van der Waals surface area contributed by atoms with E-state index in [1.807, 2.05) is 44.2 Å². The summed E-state index contributed by atoms with van der Waals surface area (Å²) in [5.41, 5.74) is -0.173. The average Bonchev–Trinajstić information content (AvgIpc) is 2.94. The third kappa shape index (κ3) is 7.11. The standard InChI is InChI=1S/C35H42O10/c1-19-26(42-20(2)36)16-25-28(43-21(3)37)15-24-18-35(7,33(41)32(40)31(19)34(25,5)6)29(44-22(4)38)17-27(24)45-30(39)14-13-23-11-9-8-10-12-23/h8-15,25-29,32,40H,16-18H2,1-7H3/b14-13+,24-15+. The number of aliphatic hydroxyl groups excluding tert-OH is 1. The molecule has 242 valence electrons. The zero-order valence-corrected chi connectivity index (χ0v) is 26.8. The average molecular weight is 623 g/mol. The first-order valence-electron chi connectivity index (χ1n) is 15.1. The van der Waals surface area contributed by atoms with Gasteiger partial charge in [-0.2, -0.15) is 0 Å². The molecule has 0 amide bonds. The van der Waals surface area contributed by atoms with Gasteiger partial charge in [-0.25, -0.2) is 4.79 Å². The summed E-state index contributed by atoms with van der Waals surface area (Å²) in [5.74, 6) is -3.51. The van der Waals surface area contributed by atoms with E-state index in [0.717, 1.165) is 5.56 Å². The van der Waals surface area contributed by atoms with E-state index in [2.05, 4.69) is 0 Å². The summed E-state index contributed by atoms with van der Waals surface area (Å²) in [6.07, 6.45) is -0.553. The molecule has 0 spiro atoms. The summed E-state index contributed by atoms with van der Waals surface area (Å²) in [7, 11) is 0. The molecular weight excluding hydrogens is 580 g/mol. The van der Waals surface area contributed by atoms with E-state index in [1.165, 1.54) is 26.8 Å². The lowest BCUT2D eigenvalue weighted by Gasteiger charge is -2.51. The number of fused-ring (bicyclic) bond motifs is 4. The van der Waals surface area contributed by atoms with Gasteiger partial charge in [0.2, 0.25) is 0 Å². The van der Waals surface area contributed by atoms with Crippen LogP contribution in [-0.2, 0) is 42.9 Å². The fourth-order valence-electron chi connectivity index (χ4n) is 7.19. The van der Waals surface area contributed by atoms with Crippen molar-refractivity contribution in [3.63, 3.8) is 0 Å². The van der Waals surface area contributed by atoms with Crippen molar-refractivity contribution in [3.8, 4) is 0 Å². The number of hydrogen-bond acceptors (Lipinski definition) is 10. The fourth-order valence-corrected chi connectivity index (χ4v) is 7.19. The summed E-state index contributed by atoms with van der Waals surface area (Å²) in [5, 5.41) is 11.8. The van der Waals surface area contributed by atoms with E-state index in [9.17, 15) is 29.1 Å². The molecular formula is C35H42O10. The van der Waals surface area contributed by atoms with E-state index in [-0.39, 0.29) is 19.3 Å². The van der Waals surface area contributed by atoms with Crippen molar-refractivity contribution in [2.45, 2.75) is 98.2 Å². The second kappa shape index (κ2) is 13.1. The van der Waals surface area contributed by atoms with Crippen LogP contribution in [-0.4, -0.2) is 65.3 Å². The van der Waals surface area contributed by atoms with Gasteiger partial charge in [-0.15, -0.1) is 0 Å². The molecule has 7 unspecified atom stereocenters. The molecule has 1 N–H and O–H groups in total. The van der Waals surface area contributed by atoms with Crippen LogP contribution in [0, 0.1) is 16.7 Å². The van der Waals surface area contributed by atoms with Crippen LogP contribution in [0.4, 0.5) is 0 Å². The molecule has 7 atom stereocenters. The molecule has 1 saturated carbocycles. The minimum atomic E-state index is -1.64. The summed E-state index contributed by atoms with van der Waals surface area (Å²) < 4.78 is 23.1. The van der Waals surface area contributed by atoms with Gasteiger partial charge >= 0.3 is 23.9 Å². The minimum Gasteiger partial charge on any atom is -0.461 e. The van der Waals surface area contributed by atoms with E-state index in [0.29, 0.717) is 16.7 Å². The lowest BCUT2D eigenvalue weighted by atomic mass is 9.57. The quantitative estimate of drug-likeness (QED) is 0.209. The summed E-state index contributed by atoms with van der Waals surface area (Å²) in [4.78, 5) is 64.3. The number of ether oxygens (including phenoxy) is 4. The van der Waals surface area contributed by atoms with E-state index >= 15 is 0 Å². The van der Waals surface area contributed by atoms with E-state index < -0.39 is 76.9 Å². The second-order valence-corrected chi connectivity index (χ2v) is 12.9. The van der Waals surface area contributed by atoms with Crippen molar-refractivity contribution in [1.82, 2.24) is 0 Å². The second-order valence-electron chi connectivity index (χ2n) is 12.9. The SMILES string of the molecule is CC(=O)OC1CC2C(OC(C)=O)/C=C3\CC(C)(C(=O)C(O)C(=C1C)C2(C)C)C(OC(C)=O)CC3OC(=O)/C=C/c1ccccc1. The smallest absolute Gasteiger partial charge is 0.331 e. The van der Waals surface area contributed by atoms with Crippen LogP contribution in [0.25, 0.3) is 6.08 Å². The molecule has 4 rings (SSSR count). The molecule has 0 saturated heterocycles. The molecule has 10 nitrogen and oxygen atoms in total. The number of carbonyl (C=O) groups is 5. The lowest BCUT2D eigenvalue weighted by molar-refractivity contribution is -0.169. The Morgan fingerprint density at radius 2 is 1.49 bits per heavy atom. The van der Waals surface area contributed by atoms with Crippen molar-refractivity contribution >= 4 is 35.7 Å². The topological polar surface area (TPSA) is 143 Å². The molecule has 0 aromatic heterocycles. The number of benzene rings is 1. The van der Waals surface area contributed by atoms with Crippen molar-refractivity contribution in [3.05, 3.63) is 64.8 Å². The van der Waals surface area contributed by atoms with Gasteiger partial charge in [0, 0.05) is 39.2 Å². The molecule has 0 aliphatic heterocycles. The van der Waals surface area contributed by atoms with Gasteiger partial charge in [-0.3, -0.25) is 19.2 Å². The normalized spacial score (nSPS) is 32.2. The van der Waals surface area contributed by atoms with Gasteiger partial charge in [0.15, 0.2) is 5.78 Å². The first-order valence-corrected chi connectivity index (χ1v) is 15.1. The molecule has 0 radical (unpaired) electrons. The highest BCUT2D eigenvalue weighted by molar-refractivity contribution is 5.93. The number of esters is 4. The van der Waals surface area contributed by atoms with Crippen LogP contribution in [0.2, 0.25) is 0 Å². The largest absolute Gasteiger partial charge is 0.461 e. The van der Waals surface area contributed by atoms with Crippen molar-refractivity contribution in [2.75, 3.05) is 0 Å². The molecule has 3 aliphatic rings. The van der Waals surface area contributed by atoms with Crippen LogP contribution in [0.5, 0.6) is 0 Å². The highest BCUT2D eigenvalue weighted by atomic mass is 16.6. The molecule has 0 heterocycles. The Morgan fingerprint density at radius 1 is 0.867 bits per heavy atom. The van der Waals surface area contributed by atoms with Gasteiger partial charge in [0.25, 0.3) is 0 Å². The van der Waals surface area contributed by atoms with Gasteiger partial charge in [0.05, 0.1) is 5.41 Å². The van der Waals surface area contributed by atoms with Crippen molar-refractivity contribution in [2.24, 2.45) is 16.7 Å². The van der Waals surface area contributed by atoms with Gasteiger partial charge in [-0.05, 0) is 66.5 Å². The van der Waals surface area contributed by atoms with Crippen LogP contribution in [0.1, 0.15) is 73.3 Å². The highest BCUT2D eigenvalue weighted by Crippen LogP contribution is 2.53. The Labute approximate surface area is 263 Å². The number of aliphatic hydroxyl groups is 1. The van der Waals surface area contributed by atoms with Crippen molar-refractivity contribution < 1.29 is 48.0 Å². The molecule has 1 aromatic carbocycles. The third-order valence-electron chi connectivity index (χ3n) is 9.37. The fraction of sp³-hybridized carbons (Fsp3) is 0.514. The highest BCUT2D eigenvalue weighted by Gasteiger charge is 2.57. The minimum absolute atomic E-state index is 0.0359. The molecule has 10 heteroatoms. The summed E-state index contributed by atoms with van der Waals surface area (Å²) >= 11 is 0. The Bertz CT molecular complexity index is 1450. The predicted octanol–water partition coefficient (Wildman–Crippen LogP) is 4.44. The zero-order valence-electron chi connectivity index (χ0n) is 26.8. The van der Waals surface area contributed by atoms with E-state index in [4.69, 9.17) is 18.9 Å². The van der Waals surface area contributed by atoms with Crippen LogP contribution in [0.3, 0.4) is 0 Å². The Kier molecular flexibility index (Phi) is 9.87. The van der Waals surface area contributed by atoms with E-state index in [1.54, 1.807) is 26.0 Å². The van der Waals surface area contributed by atoms with Crippen LogP contribution < -0.4 is 0 Å². The number of ketones is 1. The predicted molar refractivity (Wildman–Crippen MR) is 163 cm³/mol. The number of hydrogen-bond donors (Lipinski definition) is 1. The van der Waals surface area contributed by atoms with Gasteiger partial charge < -0.3 is 24.1 Å². The Hall–Kier alpha value is -4.05. The van der Waals surface area contributed by atoms with Crippen LogP contribution in [0.15, 0.2) is 59.2 Å². The molecule has 45 heavy (non-hydrogen) atoms. The Morgan fingerprint density at radius 3 is 2.09 bits per heavy atom. The maximum Gasteiger partial charge on any atom is 0.331 e. The number of Topliss-reactive ketones (excluding diaryl/α,β-unsaturated/α-hetero) is 1. The number of rotatable bonds is 6. The first kappa shape index (κ1) is 33.8. The van der Waals surface area contributed by atoms with Gasteiger partial charge in [-0.1, -0.05) is 44.2 Å². The first-order chi connectivity index (χ1) is 21.0. The maximum absolute atomic E-state index is 14.4. The monoisotopic (exact) mass is 622 g/mol. The summed E-state index contributed by atoms with van der Waals surface area (Å²) in [6.45, 7) is 10.8. The zero-order chi connectivity index (χ0) is 33.3. The Balaban J connectivity index is 1.88. The maximum atomic E-state index is 14.4. The lowest BCUT2D eigenvalue weighted by Crippen LogP contribution is -2.56. The third-order valence-corrected chi connectivity index (χ3v) is 9.37. The molecule has 3 aliphatic carbocycles. The summed E-state index contributed by atoms with van der Waals surface area (Å²) in [6, 6.07) is 9.19. The molecule has 4 bridgehead atoms. The van der Waals surface area contributed by atoms with Crippen LogP contribution >= 0.6 is 0 Å². The molecule has 1 fully saturated rings. The van der Waals surface area contributed by atoms with Crippen molar-refractivity contribution in [1.29, 1.82) is 0 Å². The number of carbonyl (C=O) groups excluding carboxylic acids is 5. The van der Waals surface area contributed by atoms with Gasteiger partial charge in [0.1, 0.15) is 30.5 Å².